The molecule has 1 saturated carbocycles. The normalized spacial score (nSPS) is 22.9. The van der Waals surface area contributed by atoms with Gasteiger partial charge in [-0.1, -0.05) is 0 Å². The number of methoxy groups -OCH3 is 1. The largest absolute Gasteiger partial charge is 0.495 e. The molecule has 0 radical (unpaired) electrons. The van der Waals surface area contributed by atoms with Crippen LogP contribution in [0.2, 0.25) is 0 Å². The summed E-state index contributed by atoms with van der Waals surface area (Å²) in [4.78, 5) is 30.3. The fraction of sp³-hybridized carbons (Fsp3) is 0.571. The molecule has 0 spiro atoms. The Kier molecular flexibility index (Phi) is 5.73. The maximum absolute atomic E-state index is 12.4. The Labute approximate surface area is 171 Å². The van der Waals surface area contributed by atoms with Crippen molar-refractivity contribution in [3.8, 4) is 5.75 Å². The van der Waals surface area contributed by atoms with E-state index in [1.54, 1.807) is 31.2 Å². The van der Waals surface area contributed by atoms with Crippen LogP contribution in [0.25, 0.3) is 0 Å². The van der Waals surface area contributed by atoms with E-state index in [0.29, 0.717) is 41.9 Å². The minimum atomic E-state index is -0.499. The fourth-order valence-corrected chi connectivity index (χ4v) is 4.08. The topological polar surface area (TPSA) is 92.3 Å². The van der Waals surface area contributed by atoms with Gasteiger partial charge < -0.3 is 25.0 Å². The molecule has 1 aromatic carbocycles. The number of nitrogens with one attached hydrogen (secondary N) is 2. The number of amides is 2. The van der Waals surface area contributed by atoms with Gasteiger partial charge in [0.25, 0.3) is 5.91 Å². The molecule has 0 aromatic heterocycles. The van der Waals surface area contributed by atoms with Crippen molar-refractivity contribution in [3.63, 3.8) is 0 Å². The molecule has 158 valence electrons. The fourth-order valence-electron chi connectivity index (χ4n) is 4.08. The average molecular weight is 402 g/mol. The van der Waals surface area contributed by atoms with Crippen LogP contribution in [0.15, 0.2) is 17.1 Å². The number of aliphatic imine (C=N–C) groups is 1. The van der Waals surface area contributed by atoms with Crippen LogP contribution in [0.1, 0.15) is 37.6 Å². The summed E-state index contributed by atoms with van der Waals surface area (Å²) in [5.41, 5.74) is 1.15. The Morgan fingerprint density at radius 1 is 1.24 bits per heavy atom. The first-order valence-electron chi connectivity index (χ1n) is 9.82. The highest BCUT2D eigenvalue weighted by Gasteiger charge is 2.48. The summed E-state index contributed by atoms with van der Waals surface area (Å²) in [6, 6.07) is 3.67. The van der Waals surface area contributed by atoms with Gasteiger partial charge in [-0.25, -0.2) is 4.79 Å². The van der Waals surface area contributed by atoms with E-state index in [9.17, 15) is 9.59 Å². The Hall–Kier alpha value is -2.77. The van der Waals surface area contributed by atoms with Gasteiger partial charge in [0.15, 0.2) is 0 Å². The van der Waals surface area contributed by atoms with E-state index in [4.69, 9.17) is 9.47 Å². The van der Waals surface area contributed by atoms with Crippen molar-refractivity contribution in [1.29, 1.82) is 0 Å². The lowest BCUT2D eigenvalue weighted by atomic mass is 9.66. The minimum Gasteiger partial charge on any atom is -0.495 e. The van der Waals surface area contributed by atoms with Gasteiger partial charge in [-0.2, -0.15) is 0 Å². The van der Waals surface area contributed by atoms with Crippen LogP contribution in [0.5, 0.6) is 5.75 Å². The maximum Gasteiger partial charge on any atom is 0.410 e. The number of anilines is 1. The first-order valence-corrected chi connectivity index (χ1v) is 9.82. The van der Waals surface area contributed by atoms with Gasteiger partial charge in [0.2, 0.25) is 0 Å². The molecular weight excluding hydrogens is 372 g/mol. The first kappa shape index (κ1) is 21.0. The molecule has 1 aromatic rings. The van der Waals surface area contributed by atoms with E-state index in [2.05, 4.69) is 22.3 Å². The van der Waals surface area contributed by atoms with Crippen molar-refractivity contribution in [2.45, 2.75) is 38.8 Å². The van der Waals surface area contributed by atoms with Crippen LogP contribution in [0.3, 0.4) is 0 Å². The van der Waals surface area contributed by atoms with E-state index in [0.717, 1.165) is 12.1 Å². The third-order valence-corrected chi connectivity index (χ3v) is 5.46. The van der Waals surface area contributed by atoms with Crippen molar-refractivity contribution in [2.75, 3.05) is 32.6 Å². The third kappa shape index (κ3) is 4.31. The predicted molar refractivity (Wildman–Crippen MR) is 112 cm³/mol. The van der Waals surface area contributed by atoms with Crippen molar-refractivity contribution < 1.29 is 19.1 Å². The Morgan fingerprint density at radius 2 is 1.90 bits per heavy atom. The number of benzene rings is 1. The number of ether oxygens (including phenoxy) is 2. The van der Waals surface area contributed by atoms with Crippen molar-refractivity contribution >= 4 is 30.1 Å². The van der Waals surface area contributed by atoms with Crippen LogP contribution >= 0.6 is 0 Å². The van der Waals surface area contributed by atoms with Gasteiger partial charge in [-0.15, -0.1) is 0 Å². The zero-order valence-corrected chi connectivity index (χ0v) is 17.7. The molecule has 2 amide bonds. The highest BCUT2D eigenvalue weighted by Crippen LogP contribution is 2.44. The number of piperidine rings is 2. The molecule has 29 heavy (non-hydrogen) atoms. The van der Waals surface area contributed by atoms with Crippen LogP contribution in [-0.2, 0) is 4.74 Å². The lowest BCUT2D eigenvalue weighted by Crippen LogP contribution is -2.62. The second kappa shape index (κ2) is 7.93. The Balaban J connectivity index is 1.74. The molecule has 2 aliphatic rings. The summed E-state index contributed by atoms with van der Waals surface area (Å²) >= 11 is 0. The van der Waals surface area contributed by atoms with E-state index < -0.39 is 5.60 Å². The molecule has 2 fully saturated rings. The lowest BCUT2D eigenvalue weighted by Gasteiger charge is -2.53. The van der Waals surface area contributed by atoms with Gasteiger partial charge in [-0.05, 0) is 51.8 Å². The summed E-state index contributed by atoms with van der Waals surface area (Å²) in [7, 11) is 3.16. The predicted octanol–water partition coefficient (Wildman–Crippen LogP) is 3.05. The van der Waals surface area contributed by atoms with Crippen molar-refractivity contribution in [1.82, 2.24) is 10.2 Å². The monoisotopic (exact) mass is 402 g/mol. The SMILES string of the molecule is C=Nc1cc(OC)c(N[C@H]2[C@@H]3C[C@H]2CN(C(=O)OC(C)(C)C)C3)cc1C(=O)NC. The quantitative estimate of drug-likeness (QED) is 0.739. The smallest absolute Gasteiger partial charge is 0.410 e. The highest BCUT2D eigenvalue weighted by molar-refractivity contribution is 6.00. The lowest BCUT2D eigenvalue weighted by molar-refractivity contribution is -0.0223. The second-order valence-corrected chi connectivity index (χ2v) is 8.62. The number of carbonyl (C=O) groups is 2. The molecule has 3 atom stereocenters. The summed E-state index contributed by atoms with van der Waals surface area (Å²) in [6.45, 7) is 10.5. The third-order valence-electron chi connectivity index (χ3n) is 5.46. The summed E-state index contributed by atoms with van der Waals surface area (Å²) < 4.78 is 11.0. The number of hydrogen-bond acceptors (Lipinski definition) is 6. The highest BCUT2D eigenvalue weighted by atomic mass is 16.6. The van der Waals surface area contributed by atoms with Crippen LogP contribution in [-0.4, -0.2) is 62.5 Å². The standard InChI is InChI=1S/C21H30N4O4/c1-21(2,3)29-20(27)25-10-12-7-13(11-25)18(12)24-16-8-14(19(26)23-5)15(22-4)9-17(16)28-6/h8-9,12-13,18,24H,4,7,10-11H2,1-3,5-6H3,(H,23,26)/t12-,13+,18+. The molecule has 1 saturated heterocycles. The zero-order valence-electron chi connectivity index (χ0n) is 17.7. The van der Waals surface area contributed by atoms with E-state index >= 15 is 0 Å². The van der Waals surface area contributed by atoms with E-state index in [-0.39, 0.29) is 18.0 Å². The number of carbonyl (C=O) groups excluding carboxylic acids is 2. The van der Waals surface area contributed by atoms with Gasteiger partial charge in [0, 0.05) is 32.2 Å². The zero-order chi connectivity index (χ0) is 21.3. The number of hydrogen-bond donors (Lipinski definition) is 2. The second-order valence-electron chi connectivity index (χ2n) is 8.62. The number of nitrogens with zero attached hydrogens (tertiary/aromatic N) is 2. The minimum absolute atomic E-state index is 0.211. The summed E-state index contributed by atoms with van der Waals surface area (Å²) in [6.07, 6.45) is 0.806. The summed E-state index contributed by atoms with van der Waals surface area (Å²) in [5, 5.41) is 6.16. The van der Waals surface area contributed by atoms with Gasteiger partial charge in [0.05, 0.1) is 24.0 Å². The van der Waals surface area contributed by atoms with E-state index in [1.165, 1.54) is 0 Å². The Morgan fingerprint density at radius 3 is 2.41 bits per heavy atom. The Bertz CT molecular complexity index is 806. The van der Waals surface area contributed by atoms with Crippen molar-refractivity contribution in [3.05, 3.63) is 17.7 Å². The summed E-state index contributed by atoms with van der Waals surface area (Å²) in [5.74, 6) is 1.02. The molecule has 3 rings (SSSR count). The molecule has 1 heterocycles. The number of fused-ring (bicyclic) bond motifs is 2. The molecule has 2 N–H and O–H groups in total. The molecule has 0 unspecified atom stereocenters. The maximum atomic E-state index is 12.4. The average Bonchev–Trinajstić information content (AvgIpc) is 2.69. The van der Waals surface area contributed by atoms with Crippen molar-refractivity contribution in [2.24, 2.45) is 16.8 Å². The van der Waals surface area contributed by atoms with Gasteiger partial charge in [0.1, 0.15) is 11.4 Å². The number of rotatable bonds is 5. The van der Waals surface area contributed by atoms with Crippen LogP contribution in [0.4, 0.5) is 16.2 Å². The van der Waals surface area contributed by atoms with Gasteiger partial charge >= 0.3 is 6.09 Å². The van der Waals surface area contributed by atoms with Gasteiger partial charge in [-0.3, -0.25) is 9.79 Å². The molecule has 8 heteroatoms. The molecular formula is C21H30N4O4. The van der Waals surface area contributed by atoms with Crippen LogP contribution < -0.4 is 15.4 Å². The van der Waals surface area contributed by atoms with Crippen LogP contribution in [0, 0.1) is 11.8 Å². The van der Waals surface area contributed by atoms with E-state index in [1.807, 2.05) is 20.8 Å². The first-order chi connectivity index (χ1) is 13.7. The molecule has 1 aliphatic carbocycles. The molecule has 2 bridgehead atoms. The number of likely N-dealkylation sites (tertiary alicyclic amines) is 1. The molecule has 1 aliphatic heterocycles. The molecule has 8 nitrogen and oxygen atoms in total.